The van der Waals surface area contributed by atoms with E-state index in [0.717, 1.165) is 11.3 Å². The number of hydrogen-bond donors (Lipinski definition) is 2. The van der Waals surface area contributed by atoms with Crippen molar-refractivity contribution in [2.75, 3.05) is 5.32 Å². The second-order valence-corrected chi connectivity index (χ2v) is 8.42. The Morgan fingerprint density at radius 3 is 2.68 bits per heavy atom. The molecule has 10 nitrogen and oxygen atoms in total. The van der Waals surface area contributed by atoms with E-state index >= 15 is 0 Å². The summed E-state index contributed by atoms with van der Waals surface area (Å²) in [5.74, 6) is -1.46. The highest BCUT2D eigenvalue weighted by Gasteiger charge is 2.27. The lowest BCUT2D eigenvalue weighted by Gasteiger charge is -2.10. The van der Waals surface area contributed by atoms with Crippen LogP contribution < -0.4 is 11.1 Å². The van der Waals surface area contributed by atoms with Gasteiger partial charge in [0, 0.05) is 42.2 Å². The summed E-state index contributed by atoms with van der Waals surface area (Å²) < 4.78 is 30.3. The Morgan fingerprint density at radius 2 is 2.03 bits per heavy atom. The lowest BCUT2D eigenvalue weighted by molar-refractivity contribution is 0.100. The van der Waals surface area contributed by atoms with Crippen molar-refractivity contribution in [3.05, 3.63) is 58.7 Å². The number of carbonyl (C=O) groups excluding carboxylic acids is 2. The van der Waals surface area contributed by atoms with Gasteiger partial charge in [0.05, 0.1) is 11.9 Å². The number of anilines is 1. The number of nitrogens with two attached hydrogens (primary N) is 1. The van der Waals surface area contributed by atoms with Crippen molar-refractivity contribution < 1.29 is 18.4 Å². The molecule has 0 saturated carbocycles. The fourth-order valence-corrected chi connectivity index (χ4v) is 4.63. The number of aryl methyl sites for hydroxylation is 1. The van der Waals surface area contributed by atoms with E-state index in [1.165, 1.54) is 22.8 Å². The molecule has 0 aliphatic carbocycles. The van der Waals surface area contributed by atoms with E-state index in [1.807, 2.05) is 0 Å². The number of fused-ring (bicyclic) bond motifs is 2. The van der Waals surface area contributed by atoms with Crippen molar-refractivity contribution >= 4 is 44.7 Å². The van der Waals surface area contributed by atoms with Crippen LogP contribution >= 0.6 is 11.3 Å². The number of aromatic nitrogens is 6. The normalized spacial score (nSPS) is 11.6. The number of nitrogens with one attached hydrogen (secondary N) is 1. The maximum atomic E-state index is 13.6. The zero-order valence-electron chi connectivity index (χ0n) is 17.8. The van der Waals surface area contributed by atoms with Gasteiger partial charge >= 0.3 is 0 Å². The van der Waals surface area contributed by atoms with Crippen LogP contribution in [0.15, 0.2) is 36.8 Å². The molecular formula is C21H16F2N8O2S. The average Bonchev–Trinajstić information content (AvgIpc) is 3.49. The maximum absolute atomic E-state index is 13.6. The van der Waals surface area contributed by atoms with Crippen LogP contribution in [-0.4, -0.2) is 41.2 Å². The summed E-state index contributed by atoms with van der Waals surface area (Å²) in [7, 11) is 1.72. The van der Waals surface area contributed by atoms with Crippen LogP contribution in [0.5, 0.6) is 0 Å². The van der Waals surface area contributed by atoms with Gasteiger partial charge in [0.1, 0.15) is 15.4 Å². The first-order valence-electron chi connectivity index (χ1n) is 9.90. The largest absolute Gasteiger partial charge is 0.365 e. The van der Waals surface area contributed by atoms with Crippen molar-refractivity contribution in [2.24, 2.45) is 12.8 Å². The Morgan fingerprint density at radius 1 is 1.24 bits per heavy atom. The lowest BCUT2D eigenvalue weighted by Crippen LogP contribution is -2.17. The number of pyridine rings is 1. The van der Waals surface area contributed by atoms with Crippen molar-refractivity contribution in [1.29, 1.82) is 0 Å². The second-order valence-electron chi connectivity index (χ2n) is 7.42. The van der Waals surface area contributed by atoms with E-state index in [4.69, 9.17) is 5.73 Å². The predicted octanol–water partition coefficient (Wildman–Crippen LogP) is 3.34. The summed E-state index contributed by atoms with van der Waals surface area (Å²) in [6, 6.07) is 4.38. The van der Waals surface area contributed by atoms with Gasteiger partial charge < -0.3 is 11.1 Å². The summed E-state index contributed by atoms with van der Waals surface area (Å²) in [4.78, 5) is 33.6. The molecule has 5 rings (SSSR count). The van der Waals surface area contributed by atoms with Gasteiger partial charge in [0.15, 0.2) is 11.3 Å². The van der Waals surface area contributed by atoms with Crippen LogP contribution in [-0.2, 0) is 7.05 Å². The Kier molecular flexibility index (Phi) is 5.05. The number of halogens is 2. The Hall–Kier alpha value is -4.26. The van der Waals surface area contributed by atoms with E-state index in [9.17, 15) is 18.4 Å². The molecule has 0 aliphatic rings. The second kappa shape index (κ2) is 7.95. The molecule has 0 atom stereocenters. The monoisotopic (exact) mass is 482 g/mol. The van der Waals surface area contributed by atoms with Gasteiger partial charge in [-0.05, 0) is 24.6 Å². The number of amides is 2. The maximum Gasteiger partial charge on any atom is 0.280 e. The zero-order chi connectivity index (χ0) is 24.1. The van der Waals surface area contributed by atoms with Gasteiger partial charge in [-0.15, -0.1) is 11.3 Å². The standard InChI is InChI=1S/C21H16F2N8O2S/c1-9-11(8-26-30(9)2)10-6-12(18(22)23)27-21-15(10)16(17(34-21)19(24)32)28-20(33)13-7-14-25-4-3-5-31(14)29-13/h3-8,18H,1-2H3,(H2,24,32)(H,28,33). The van der Waals surface area contributed by atoms with Gasteiger partial charge in [-0.25, -0.2) is 23.3 Å². The lowest BCUT2D eigenvalue weighted by atomic mass is 10.0. The van der Waals surface area contributed by atoms with Crippen molar-refractivity contribution in [3.63, 3.8) is 0 Å². The van der Waals surface area contributed by atoms with Gasteiger partial charge in [-0.2, -0.15) is 10.2 Å². The molecule has 0 aliphatic heterocycles. The van der Waals surface area contributed by atoms with E-state index in [1.54, 1.807) is 37.1 Å². The summed E-state index contributed by atoms with van der Waals surface area (Å²) in [6.07, 6.45) is 1.88. The number of alkyl halides is 2. The SMILES string of the molecule is Cc1c(-c2cc(C(F)F)nc3sc(C(N)=O)c(NC(=O)c4cc5ncccn5n4)c23)cnn1C. The van der Waals surface area contributed by atoms with Crippen LogP contribution in [0, 0.1) is 6.92 Å². The zero-order valence-corrected chi connectivity index (χ0v) is 18.6. The summed E-state index contributed by atoms with van der Waals surface area (Å²) in [6.45, 7) is 1.78. The van der Waals surface area contributed by atoms with Crippen LogP contribution in [0.1, 0.15) is 38.0 Å². The minimum absolute atomic E-state index is 0.0213. The summed E-state index contributed by atoms with van der Waals surface area (Å²) >= 11 is 0.828. The van der Waals surface area contributed by atoms with Crippen LogP contribution in [0.3, 0.4) is 0 Å². The topological polar surface area (TPSA) is 133 Å². The molecule has 13 heteroatoms. The average molecular weight is 482 g/mol. The minimum Gasteiger partial charge on any atom is -0.365 e. The number of primary amides is 1. The molecule has 5 aromatic rings. The Bertz CT molecular complexity index is 1570. The molecule has 0 bridgehead atoms. The molecule has 0 fully saturated rings. The minimum atomic E-state index is -2.84. The van der Waals surface area contributed by atoms with Gasteiger partial charge in [-0.3, -0.25) is 14.3 Å². The molecule has 0 unspecified atom stereocenters. The van der Waals surface area contributed by atoms with E-state index in [2.05, 4.69) is 25.5 Å². The van der Waals surface area contributed by atoms with Crippen LogP contribution in [0.4, 0.5) is 14.5 Å². The first-order chi connectivity index (χ1) is 16.2. The molecule has 0 radical (unpaired) electrons. The predicted molar refractivity (Wildman–Crippen MR) is 121 cm³/mol. The highest BCUT2D eigenvalue weighted by molar-refractivity contribution is 7.21. The molecule has 5 heterocycles. The van der Waals surface area contributed by atoms with E-state index < -0.39 is 23.9 Å². The third kappa shape index (κ3) is 3.46. The molecule has 0 spiro atoms. The Balaban J connectivity index is 1.72. The van der Waals surface area contributed by atoms with Gasteiger partial charge in [0.25, 0.3) is 18.2 Å². The number of hydrogen-bond acceptors (Lipinski definition) is 7. The quantitative estimate of drug-likeness (QED) is 0.395. The molecule has 0 saturated heterocycles. The summed E-state index contributed by atoms with van der Waals surface area (Å²) in [5.41, 5.74) is 7.28. The third-order valence-electron chi connectivity index (χ3n) is 5.36. The molecule has 34 heavy (non-hydrogen) atoms. The number of rotatable bonds is 5. The van der Waals surface area contributed by atoms with Crippen LogP contribution in [0.2, 0.25) is 0 Å². The Labute approximate surface area is 194 Å². The highest BCUT2D eigenvalue weighted by atomic mass is 32.1. The first-order valence-corrected chi connectivity index (χ1v) is 10.7. The van der Waals surface area contributed by atoms with Crippen molar-refractivity contribution in [3.8, 4) is 11.1 Å². The third-order valence-corrected chi connectivity index (χ3v) is 6.46. The smallest absolute Gasteiger partial charge is 0.280 e. The van der Waals surface area contributed by atoms with Gasteiger partial charge in [-0.1, -0.05) is 0 Å². The van der Waals surface area contributed by atoms with E-state index in [-0.39, 0.29) is 21.1 Å². The molecule has 5 aromatic heterocycles. The van der Waals surface area contributed by atoms with Crippen LogP contribution in [0.25, 0.3) is 27.0 Å². The molecule has 172 valence electrons. The summed E-state index contributed by atoms with van der Waals surface area (Å²) in [5, 5.41) is 11.4. The first kappa shape index (κ1) is 21.6. The fourth-order valence-electron chi connectivity index (χ4n) is 3.62. The molecule has 3 N–H and O–H groups in total. The number of carbonyl (C=O) groups is 2. The van der Waals surface area contributed by atoms with Gasteiger partial charge in [0.2, 0.25) is 0 Å². The van der Waals surface area contributed by atoms with E-state index in [0.29, 0.717) is 27.9 Å². The fraction of sp³-hybridized carbons (Fsp3) is 0.143. The molecule has 0 aromatic carbocycles. The van der Waals surface area contributed by atoms with Crippen molar-refractivity contribution in [1.82, 2.24) is 29.4 Å². The molecule has 2 amide bonds. The highest BCUT2D eigenvalue weighted by Crippen LogP contribution is 2.43. The molecular weight excluding hydrogens is 466 g/mol. The number of thiophene rings is 1. The van der Waals surface area contributed by atoms with Crippen molar-refractivity contribution in [2.45, 2.75) is 13.3 Å². The number of nitrogens with zero attached hydrogens (tertiary/aromatic N) is 6.